The summed E-state index contributed by atoms with van der Waals surface area (Å²) in [6, 6.07) is 7.60. The van der Waals surface area contributed by atoms with Gasteiger partial charge in [-0.2, -0.15) is 0 Å². The standard InChI is InChI=1S/C22H19IN2O7/c1-3-8-32-18-16(23)10-12(11-17(18)31-2)9-15-19(26)24-22(30)25(20(15)27)14-6-4-13(5-7-14)21(28)29/h4-7,9-11H,3,8H2,1-2H3,(H,28,29)(H,24,26,30)/b15-9+. The first kappa shape index (κ1) is 23.3. The predicted molar refractivity (Wildman–Crippen MR) is 124 cm³/mol. The Morgan fingerprint density at radius 3 is 2.47 bits per heavy atom. The van der Waals surface area contributed by atoms with Crippen LogP contribution in [0.2, 0.25) is 0 Å². The van der Waals surface area contributed by atoms with Gasteiger partial charge in [0, 0.05) is 0 Å². The molecule has 1 fully saturated rings. The first-order valence-electron chi connectivity index (χ1n) is 9.52. The van der Waals surface area contributed by atoms with Crippen LogP contribution in [-0.4, -0.2) is 42.6 Å². The number of carboxylic acids is 1. The number of ether oxygens (including phenoxy) is 2. The molecular formula is C22H19IN2O7. The summed E-state index contributed by atoms with van der Waals surface area (Å²) >= 11 is 2.07. The average Bonchev–Trinajstić information content (AvgIpc) is 2.75. The molecule has 0 spiro atoms. The number of hydrogen-bond donors (Lipinski definition) is 2. The van der Waals surface area contributed by atoms with Crippen molar-refractivity contribution < 1.29 is 33.8 Å². The number of nitrogens with one attached hydrogen (secondary N) is 1. The zero-order valence-corrected chi connectivity index (χ0v) is 19.3. The highest BCUT2D eigenvalue weighted by Crippen LogP contribution is 2.35. The maximum absolute atomic E-state index is 13.0. The Balaban J connectivity index is 1.98. The van der Waals surface area contributed by atoms with Crippen molar-refractivity contribution >= 4 is 58.2 Å². The lowest BCUT2D eigenvalue weighted by Crippen LogP contribution is -2.54. The number of carbonyl (C=O) groups excluding carboxylic acids is 3. The molecule has 4 amide bonds. The van der Waals surface area contributed by atoms with Crippen molar-refractivity contribution in [3.63, 3.8) is 0 Å². The van der Waals surface area contributed by atoms with Gasteiger partial charge in [0.15, 0.2) is 11.5 Å². The highest BCUT2D eigenvalue weighted by atomic mass is 127. The van der Waals surface area contributed by atoms with E-state index in [9.17, 15) is 19.2 Å². The molecule has 0 unspecified atom stereocenters. The number of hydrogen-bond acceptors (Lipinski definition) is 6. The minimum Gasteiger partial charge on any atom is -0.493 e. The van der Waals surface area contributed by atoms with E-state index in [4.69, 9.17) is 14.6 Å². The molecule has 1 aliphatic rings. The summed E-state index contributed by atoms with van der Waals surface area (Å²) in [6.45, 7) is 2.49. The van der Waals surface area contributed by atoms with Crippen LogP contribution in [0.25, 0.3) is 6.08 Å². The van der Waals surface area contributed by atoms with E-state index in [0.717, 1.165) is 14.9 Å². The third-order valence-corrected chi connectivity index (χ3v) is 5.29. The molecule has 2 N–H and O–H groups in total. The minimum absolute atomic E-state index is 0.00231. The van der Waals surface area contributed by atoms with Gasteiger partial charge < -0.3 is 14.6 Å². The number of methoxy groups -OCH3 is 1. The number of barbiturate groups is 1. The quantitative estimate of drug-likeness (QED) is 0.308. The van der Waals surface area contributed by atoms with Crippen molar-refractivity contribution in [3.05, 3.63) is 56.7 Å². The van der Waals surface area contributed by atoms with Crippen molar-refractivity contribution in [2.24, 2.45) is 0 Å². The second-order valence-electron chi connectivity index (χ2n) is 6.69. The van der Waals surface area contributed by atoms with Gasteiger partial charge >= 0.3 is 12.0 Å². The molecule has 0 atom stereocenters. The van der Waals surface area contributed by atoms with E-state index in [2.05, 4.69) is 27.9 Å². The number of carbonyl (C=O) groups is 4. The van der Waals surface area contributed by atoms with Crippen molar-refractivity contribution in [3.8, 4) is 11.5 Å². The number of urea groups is 1. The van der Waals surface area contributed by atoms with Gasteiger partial charge in [0.05, 0.1) is 28.5 Å². The number of benzene rings is 2. The number of imide groups is 2. The Bertz CT molecular complexity index is 1130. The lowest BCUT2D eigenvalue weighted by Gasteiger charge is -2.26. The fourth-order valence-electron chi connectivity index (χ4n) is 2.98. The molecule has 0 saturated carbocycles. The molecular weight excluding hydrogens is 531 g/mol. The second-order valence-corrected chi connectivity index (χ2v) is 7.85. The fourth-order valence-corrected chi connectivity index (χ4v) is 3.76. The molecule has 10 heteroatoms. The molecule has 3 rings (SSSR count). The number of anilines is 1. The molecule has 0 aliphatic carbocycles. The molecule has 0 bridgehead atoms. The van der Waals surface area contributed by atoms with E-state index in [1.165, 1.54) is 37.5 Å². The van der Waals surface area contributed by atoms with E-state index in [0.29, 0.717) is 23.7 Å². The van der Waals surface area contributed by atoms with Gasteiger partial charge in [-0.3, -0.25) is 14.9 Å². The summed E-state index contributed by atoms with van der Waals surface area (Å²) in [6.07, 6.45) is 2.17. The molecule has 1 saturated heterocycles. The van der Waals surface area contributed by atoms with E-state index < -0.39 is 23.8 Å². The average molecular weight is 550 g/mol. The van der Waals surface area contributed by atoms with E-state index in [1.54, 1.807) is 12.1 Å². The fraction of sp³-hybridized carbons (Fsp3) is 0.182. The Labute approximate surface area is 197 Å². The van der Waals surface area contributed by atoms with Crippen molar-refractivity contribution in [2.45, 2.75) is 13.3 Å². The van der Waals surface area contributed by atoms with Crippen LogP contribution in [0, 0.1) is 3.57 Å². The van der Waals surface area contributed by atoms with Crippen LogP contribution in [0.3, 0.4) is 0 Å². The van der Waals surface area contributed by atoms with Crippen molar-refractivity contribution in [2.75, 3.05) is 18.6 Å². The van der Waals surface area contributed by atoms with Crippen molar-refractivity contribution in [1.29, 1.82) is 0 Å². The van der Waals surface area contributed by atoms with Crippen LogP contribution >= 0.6 is 22.6 Å². The SMILES string of the molecule is CCCOc1c(I)cc(/C=C2\C(=O)NC(=O)N(c3ccc(C(=O)O)cc3)C2=O)cc1OC. The number of rotatable bonds is 7. The van der Waals surface area contributed by atoms with Crippen LogP contribution in [0.4, 0.5) is 10.5 Å². The molecule has 166 valence electrons. The third kappa shape index (κ3) is 4.74. The number of carboxylic acid groups (broad SMARTS) is 1. The summed E-state index contributed by atoms with van der Waals surface area (Å²) in [5, 5.41) is 11.2. The first-order valence-corrected chi connectivity index (χ1v) is 10.6. The van der Waals surface area contributed by atoms with Gasteiger partial charge in [-0.05, 0) is 77.0 Å². The van der Waals surface area contributed by atoms with Gasteiger partial charge in [0.2, 0.25) is 0 Å². The summed E-state index contributed by atoms with van der Waals surface area (Å²) < 4.78 is 11.8. The maximum Gasteiger partial charge on any atom is 0.335 e. The molecule has 9 nitrogen and oxygen atoms in total. The highest BCUT2D eigenvalue weighted by molar-refractivity contribution is 14.1. The first-order chi connectivity index (χ1) is 15.3. The second kappa shape index (κ2) is 9.81. The lowest BCUT2D eigenvalue weighted by atomic mass is 10.1. The van der Waals surface area contributed by atoms with E-state index in [1.807, 2.05) is 6.92 Å². The molecule has 1 aliphatic heterocycles. The summed E-state index contributed by atoms with van der Waals surface area (Å²) in [7, 11) is 1.49. The maximum atomic E-state index is 13.0. The number of nitrogens with zero attached hydrogens (tertiary/aromatic N) is 1. The molecule has 0 radical (unpaired) electrons. The van der Waals surface area contributed by atoms with Gasteiger partial charge in [0.1, 0.15) is 5.57 Å². The number of halogens is 1. The molecule has 2 aromatic rings. The summed E-state index contributed by atoms with van der Waals surface area (Å²) in [4.78, 5) is 49.6. The highest BCUT2D eigenvalue weighted by Gasteiger charge is 2.37. The Morgan fingerprint density at radius 2 is 1.88 bits per heavy atom. The molecule has 1 heterocycles. The van der Waals surface area contributed by atoms with E-state index in [-0.39, 0.29) is 16.8 Å². The number of amides is 4. The Morgan fingerprint density at radius 1 is 1.19 bits per heavy atom. The smallest absolute Gasteiger partial charge is 0.335 e. The molecule has 32 heavy (non-hydrogen) atoms. The van der Waals surface area contributed by atoms with Crippen molar-refractivity contribution in [1.82, 2.24) is 5.32 Å². The van der Waals surface area contributed by atoms with Gasteiger partial charge in [-0.15, -0.1) is 0 Å². The zero-order chi connectivity index (χ0) is 23.4. The van der Waals surface area contributed by atoms with Gasteiger partial charge in [-0.25, -0.2) is 14.5 Å². The largest absolute Gasteiger partial charge is 0.493 e. The van der Waals surface area contributed by atoms with Crippen LogP contribution in [0.1, 0.15) is 29.3 Å². The summed E-state index contributed by atoms with van der Waals surface area (Å²) in [5.41, 5.74) is 0.375. The Hall–Kier alpha value is -3.41. The van der Waals surface area contributed by atoms with Gasteiger partial charge in [0.25, 0.3) is 11.8 Å². The predicted octanol–water partition coefficient (Wildman–Crippen LogP) is 3.45. The van der Waals surface area contributed by atoms with Crippen LogP contribution in [0.15, 0.2) is 42.0 Å². The normalized spacial score (nSPS) is 15.0. The monoisotopic (exact) mass is 550 g/mol. The third-order valence-electron chi connectivity index (χ3n) is 4.49. The van der Waals surface area contributed by atoms with Gasteiger partial charge in [-0.1, -0.05) is 6.92 Å². The topological polar surface area (TPSA) is 122 Å². The van der Waals surface area contributed by atoms with Crippen LogP contribution in [0.5, 0.6) is 11.5 Å². The minimum atomic E-state index is -1.14. The van der Waals surface area contributed by atoms with E-state index >= 15 is 0 Å². The molecule has 2 aromatic carbocycles. The van der Waals surface area contributed by atoms with Crippen LogP contribution < -0.4 is 19.7 Å². The lowest BCUT2D eigenvalue weighted by molar-refractivity contribution is -0.122. The zero-order valence-electron chi connectivity index (χ0n) is 17.2. The summed E-state index contributed by atoms with van der Waals surface area (Å²) in [5.74, 6) is -1.80. The Kier molecular flexibility index (Phi) is 7.13. The van der Waals surface area contributed by atoms with Crippen LogP contribution in [-0.2, 0) is 9.59 Å². The number of aromatic carboxylic acids is 1. The molecule has 0 aromatic heterocycles.